The summed E-state index contributed by atoms with van der Waals surface area (Å²) >= 11 is 0. The van der Waals surface area contributed by atoms with Crippen molar-refractivity contribution in [2.45, 2.75) is 6.92 Å². The summed E-state index contributed by atoms with van der Waals surface area (Å²) in [5.41, 5.74) is 0.705. The molecular formula is C10H10O4S. The molecule has 0 aliphatic heterocycles. The van der Waals surface area contributed by atoms with Crippen LogP contribution in [0.2, 0.25) is 0 Å². The second-order valence-corrected chi connectivity index (χ2v) is 4.91. The van der Waals surface area contributed by atoms with Crippen LogP contribution in [-0.4, -0.2) is 14.2 Å². The maximum Gasteiger partial charge on any atom is 0.308 e. The summed E-state index contributed by atoms with van der Waals surface area (Å²) in [5.74, 6) is 0.266. The molecule has 0 fully saturated rings. The van der Waals surface area contributed by atoms with Crippen molar-refractivity contribution in [3.8, 4) is 5.75 Å². The molecule has 2 rings (SSSR count). The summed E-state index contributed by atoms with van der Waals surface area (Å²) in [6.45, 7) is 1.53. The fraction of sp³-hybridized carbons (Fsp3) is 0.200. The van der Waals surface area contributed by atoms with Crippen LogP contribution in [0.25, 0.3) is 11.0 Å². The molecule has 0 amide bonds. The SMILES string of the molecule is CCS(=O)(=O)Oc1ccc2occc2c1. The van der Waals surface area contributed by atoms with E-state index >= 15 is 0 Å². The summed E-state index contributed by atoms with van der Waals surface area (Å²) in [4.78, 5) is 0. The van der Waals surface area contributed by atoms with Crippen LogP contribution in [0.3, 0.4) is 0 Å². The van der Waals surface area contributed by atoms with E-state index in [4.69, 9.17) is 8.60 Å². The molecule has 0 bridgehead atoms. The lowest BCUT2D eigenvalue weighted by Crippen LogP contribution is -2.11. The highest BCUT2D eigenvalue weighted by Gasteiger charge is 2.09. The Morgan fingerprint density at radius 2 is 2.13 bits per heavy atom. The first-order chi connectivity index (χ1) is 7.11. The molecule has 0 atom stereocenters. The highest BCUT2D eigenvalue weighted by atomic mass is 32.2. The molecule has 0 aliphatic carbocycles. The third kappa shape index (κ3) is 2.12. The van der Waals surface area contributed by atoms with Crippen molar-refractivity contribution in [1.82, 2.24) is 0 Å². The van der Waals surface area contributed by atoms with Gasteiger partial charge in [0.2, 0.25) is 0 Å². The number of furan rings is 1. The van der Waals surface area contributed by atoms with Gasteiger partial charge in [-0.25, -0.2) is 0 Å². The van der Waals surface area contributed by atoms with E-state index in [-0.39, 0.29) is 5.75 Å². The maximum absolute atomic E-state index is 11.2. The predicted octanol–water partition coefficient (Wildman–Crippen LogP) is 2.16. The Morgan fingerprint density at radius 1 is 1.33 bits per heavy atom. The van der Waals surface area contributed by atoms with Gasteiger partial charge in [-0.15, -0.1) is 0 Å². The quantitative estimate of drug-likeness (QED) is 0.752. The van der Waals surface area contributed by atoms with E-state index in [0.717, 1.165) is 5.39 Å². The minimum absolute atomic E-state index is 0.0452. The standard InChI is InChI=1S/C10H10O4S/c1-2-15(11,12)14-9-3-4-10-8(7-9)5-6-13-10/h3-7H,2H2,1H3. The van der Waals surface area contributed by atoms with Crippen LogP contribution in [0.15, 0.2) is 34.9 Å². The summed E-state index contributed by atoms with van der Waals surface area (Å²) < 4.78 is 32.4. The molecule has 15 heavy (non-hydrogen) atoms. The molecule has 0 saturated heterocycles. The van der Waals surface area contributed by atoms with Crippen molar-refractivity contribution in [1.29, 1.82) is 0 Å². The van der Waals surface area contributed by atoms with E-state index in [2.05, 4.69) is 0 Å². The highest BCUT2D eigenvalue weighted by molar-refractivity contribution is 7.87. The van der Waals surface area contributed by atoms with Crippen LogP contribution in [0.5, 0.6) is 5.75 Å². The largest absolute Gasteiger partial charge is 0.464 e. The molecule has 0 spiro atoms. The number of hydrogen-bond donors (Lipinski definition) is 0. The molecule has 0 saturated carbocycles. The zero-order valence-electron chi connectivity index (χ0n) is 8.14. The van der Waals surface area contributed by atoms with Crippen molar-refractivity contribution in [2.24, 2.45) is 0 Å². The average molecular weight is 226 g/mol. The Balaban J connectivity index is 2.37. The van der Waals surface area contributed by atoms with Gasteiger partial charge in [0, 0.05) is 5.39 Å². The first-order valence-electron chi connectivity index (χ1n) is 4.50. The molecule has 0 N–H and O–H groups in total. The van der Waals surface area contributed by atoms with Crippen LogP contribution in [0.1, 0.15) is 6.92 Å². The Labute approximate surface area is 87.6 Å². The molecule has 0 unspecified atom stereocenters. The lowest BCUT2D eigenvalue weighted by molar-refractivity contribution is 0.487. The number of rotatable bonds is 3. The first kappa shape index (κ1) is 10.0. The summed E-state index contributed by atoms with van der Waals surface area (Å²) in [6.07, 6.45) is 1.54. The molecule has 1 aromatic heterocycles. The normalized spacial score (nSPS) is 11.8. The van der Waals surface area contributed by atoms with Crippen LogP contribution < -0.4 is 4.18 Å². The predicted molar refractivity (Wildman–Crippen MR) is 56.3 cm³/mol. The third-order valence-corrected chi connectivity index (χ3v) is 3.15. The Hall–Kier alpha value is -1.49. The van der Waals surface area contributed by atoms with Crippen LogP contribution in [-0.2, 0) is 10.1 Å². The van der Waals surface area contributed by atoms with Crippen molar-refractivity contribution in [3.63, 3.8) is 0 Å². The fourth-order valence-electron chi connectivity index (χ4n) is 1.20. The van der Waals surface area contributed by atoms with Gasteiger partial charge in [-0.2, -0.15) is 8.42 Å². The number of hydrogen-bond acceptors (Lipinski definition) is 4. The smallest absolute Gasteiger partial charge is 0.308 e. The van der Waals surface area contributed by atoms with E-state index < -0.39 is 10.1 Å². The summed E-state index contributed by atoms with van der Waals surface area (Å²) in [5, 5.41) is 0.818. The van der Waals surface area contributed by atoms with Crippen LogP contribution >= 0.6 is 0 Å². The van der Waals surface area contributed by atoms with Gasteiger partial charge in [-0.1, -0.05) is 0 Å². The van der Waals surface area contributed by atoms with Gasteiger partial charge in [0.05, 0.1) is 12.0 Å². The molecule has 1 heterocycles. The number of benzene rings is 1. The van der Waals surface area contributed by atoms with Crippen LogP contribution in [0, 0.1) is 0 Å². The second-order valence-electron chi connectivity index (χ2n) is 3.05. The minimum atomic E-state index is -3.45. The van der Waals surface area contributed by atoms with Crippen LogP contribution in [0.4, 0.5) is 0 Å². The monoisotopic (exact) mass is 226 g/mol. The summed E-state index contributed by atoms with van der Waals surface area (Å²) in [7, 11) is -3.45. The average Bonchev–Trinajstić information content (AvgIpc) is 2.64. The van der Waals surface area contributed by atoms with Gasteiger partial charge < -0.3 is 8.60 Å². The molecule has 2 aromatic rings. The van der Waals surface area contributed by atoms with Gasteiger partial charge >= 0.3 is 10.1 Å². The van der Waals surface area contributed by atoms with Gasteiger partial charge in [-0.05, 0) is 31.2 Å². The molecule has 5 heteroatoms. The zero-order chi connectivity index (χ0) is 10.9. The second kappa shape index (κ2) is 3.58. The Morgan fingerprint density at radius 3 is 2.87 bits per heavy atom. The third-order valence-electron chi connectivity index (χ3n) is 2.00. The number of fused-ring (bicyclic) bond motifs is 1. The van der Waals surface area contributed by atoms with Crippen molar-refractivity contribution in [3.05, 3.63) is 30.5 Å². The van der Waals surface area contributed by atoms with E-state index in [1.54, 1.807) is 30.5 Å². The van der Waals surface area contributed by atoms with Gasteiger partial charge in [0.1, 0.15) is 11.3 Å². The zero-order valence-corrected chi connectivity index (χ0v) is 8.95. The lowest BCUT2D eigenvalue weighted by atomic mass is 10.2. The molecule has 0 radical (unpaired) electrons. The summed E-state index contributed by atoms with van der Waals surface area (Å²) in [6, 6.07) is 6.63. The molecule has 80 valence electrons. The van der Waals surface area contributed by atoms with E-state index in [1.165, 1.54) is 6.92 Å². The van der Waals surface area contributed by atoms with Crippen molar-refractivity contribution in [2.75, 3.05) is 5.75 Å². The lowest BCUT2D eigenvalue weighted by Gasteiger charge is -2.03. The Bertz CT molecular complexity index is 568. The molecular weight excluding hydrogens is 216 g/mol. The fourth-order valence-corrected chi connectivity index (χ4v) is 1.72. The van der Waals surface area contributed by atoms with Crippen molar-refractivity contribution < 1.29 is 17.0 Å². The molecule has 4 nitrogen and oxygen atoms in total. The van der Waals surface area contributed by atoms with E-state index in [1.807, 2.05) is 0 Å². The maximum atomic E-state index is 11.2. The van der Waals surface area contributed by atoms with Gasteiger partial charge in [0.25, 0.3) is 0 Å². The molecule has 1 aromatic carbocycles. The highest BCUT2D eigenvalue weighted by Crippen LogP contribution is 2.22. The Kier molecular flexibility index (Phi) is 2.40. The molecule has 0 aliphatic rings. The van der Waals surface area contributed by atoms with Gasteiger partial charge in [0.15, 0.2) is 0 Å². The van der Waals surface area contributed by atoms with E-state index in [9.17, 15) is 8.42 Å². The topological polar surface area (TPSA) is 56.5 Å². The van der Waals surface area contributed by atoms with Crippen molar-refractivity contribution >= 4 is 21.1 Å². The minimum Gasteiger partial charge on any atom is -0.464 e. The first-order valence-corrected chi connectivity index (χ1v) is 6.08. The van der Waals surface area contributed by atoms with E-state index in [0.29, 0.717) is 11.3 Å². The van der Waals surface area contributed by atoms with Gasteiger partial charge in [-0.3, -0.25) is 0 Å².